The summed E-state index contributed by atoms with van der Waals surface area (Å²) >= 11 is 0. The highest BCUT2D eigenvalue weighted by molar-refractivity contribution is 5.76. The zero-order chi connectivity index (χ0) is 17.7. The monoisotopic (exact) mass is 332 g/mol. The van der Waals surface area contributed by atoms with Crippen molar-refractivity contribution < 1.29 is 14.3 Å². The summed E-state index contributed by atoms with van der Waals surface area (Å²) in [5.41, 5.74) is 0.205. The smallest absolute Gasteiger partial charge is 0.248 e. The fourth-order valence-electron chi connectivity index (χ4n) is 2.62. The number of pyridine rings is 1. The molecular weight excluding hydrogens is 308 g/mol. The standard InChI is InChI=1S/C17H24N4O3/c1-17(2)12-21(15-7-13(8-18)5-6-19-15)9-14(24-17)10-23-11-16(22)20(3)4/h5-7,14H,9-12H2,1-4H3. The van der Waals surface area contributed by atoms with E-state index in [0.717, 1.165) is 5.82 Å². The predicted octanol–water partition coefficient (Wildman–Crippen LogP) is 1.04. The molecule has 0 radical (unpaired) electrons. The lowest BCUT2D eigenvalue weighted by atomic mass is 10.1. The first-order valence-corrected chi connectivity index (χ1v) is 7.87. The van der Waals surface area contributed by atoms with Gasteiger partial charge in [0.15, 0.2) is 0 Å². The number of nitriles is 1. The van der Waals surface area contributed by atoms with Crippen molar-refractivity contribution in [2.24, 2.45) is 0 Å². The SMILES string of the molecule is CN(C)C(=O)COCC1CN(c2cc(C#N)ccn2)CC(C)(C)O1. The maximum atomic E-state index is 11.6. The Hall–Kier alpha value is -2.17. The van der Waals surface area contributed by atoms with Gasteiger partial charge in [0.2, 0.25) is 5.91 Å². The van der Waals surface area contributed by atoms with Gasteiger partial charge in [0.1, 0.15) is 12.4 Å². The number of likely N-dealkylation sites (N-methyl/N-ethyl adjacent to an activating group) is 1. The first-order valence-electron chi connectivity index (χ1n) is 7.87. The predicted molar refractivity (Wildman–Crippen MR) is 89.6 cm³/mol. The molecule has 1 aromatic rings. The lowest BCUT2D eigenvalue weighted by Gasteiger charge is -2.43. The van der Waals surface area contributed by atoms with Gasteiger partial charge in [-0.05, 0) is 26.0 Å². The molecule has 130 valence electrons. The number of hydrogen-bond acceptors (Lipinski definition) is 6. The third-order valence-corrected chi connectivity index (χ3v) is 3.71. The van der Waals surface area contributed by atoms with Crippen LogP contribution in [0.5, 0.6) is 0 Å². The van der Waals surface area contributed by atoms with E-state index in [4.69, 9.17) is 14.7 Å². The fourth-order valence-corrected chi connectivity index (χ4v) is 2.62. The maximum Gasteiger partial charge on any atom is 0.248 e. The third kappa shape index (κ3) is 4.91. The minimum Gasteiger partial charge on any atom is -0.369 e. The van der Waals surface area contributed by atoms with E-state index >= 15 is 0 Å². The van der Waals surface area contributed by atoms with Gasteiger partial charge < -0.3 is 19.3 Å². The number of rotatable bonds is 5. The highest BCUT2D eigenvalue weighted by Gasteiger charge is 2.34. The van der Waals surface area contributed by atoms with Crippen LogP contribution in [-0.4, -0.2) is 67.9 Å². The molecule has 1 aromatic heterocycles. The number of nitrogens with zero attached hydrogens (tertiary/aromatic N) is 4. The van der Waals surface area contributed by atoms with E-state index in [2.05, 4.69) is 16.0 Å². The number of hydrogen-bond donors (Lipinski definition) is 0. The van der Waals surface area contributed by atoms with Crippen LogP contribution in [-0.2, 0) is 14.3 Å². The summed E-state index contributed by atoms with van der Waals surface area (Å²) in [6, 6.07) is 5.59. The molecule has 7 nitrogen and oxygen atoms in total. The number of carbonyl (C=O) groups excluding carboxylic acids is 1. The Kier molecular flexibility index (Phi) is 5.75. The fraction of sp³-hybridized carbons (Fsp3) is 0.588. The second kappa shape index (κ2) is 7.60. The molecule has 0 spiro atoms. The molecule has 1 aliphatic heterocycles. The number of morpholine rings is 1. The van der Waals surface area contributed by atoms with E-state index in [-0.39, 0.29) is 24.2 Å². The lowest BCUT2D eigenvalue weighted by molar-refractivity contribution is -0.139. The van der Waals surface area contributed by atoms with Crippen LogP contribution in [0.2, 0.25) is 0 Å². The van der Waals surface area contributed by atoms with E-state index in [0.29, 0.717) is 25.3 Å². The van der Waals surface area contributed by atoms with E-state index in [9.17, 15) is 4.79 Å². The molecule has 1 aliphatic rings. The van der Waals surface area contributed by atoms with Crippen LogP contribution in [0.1, 0.15) is 19.4 Å². The van der Waals surface area contributed by atoms with Gasteiger partial charge in [-0.1, -0.05) is 0 Å². The van der Waals surface area contributed by atoms with E-state index < -0.39 is 0 Å². The van der Waals surface area contributed by atoms with Gasteiger partial charge in [-0.15, -0.1) is 0 Å². The van der Waals surface area contributed by atoms with Crippen molar-refractivity contribution in [1.82, 2.24) is 9.88 Å². The van der Waals surface area contributed by atoms with Crippen molar-refractivity contribution in [3.63, 3.8) is 0 Å². The van der Waals surface area contributed by atoms with Gasteiger partial charge in [0, 0.05) is 33.4 Å². The second-order valence-corrected chi connectivity index (χ2v) is 6.70. The summed E-state index contributed by atoms with van der Waals surface area (Å²) in [7, 11) is 3.39. The zero-order valence-corrected chi connectivity index (χ0v) is 14.7. The van der Waals surface area contributed by atoms with Crippen LogP contribution in [0, 0.1) is 11.3 Å². The molecule has 0 saturated carbocycles. The van der Waals surface area contributed by atoms with Crippen molar-refractivity contribution in [1.29, 1.82) is 5.26 Å². The quantitative estimate of drug-likeness (QED) is 0.802. The first kappa shape index (κ1) is 18.2. The normalized spacial score (nSPS) is 19.6. The summed E-state index contributed by atoms with van der Waals surface area (Å²) in [6.07, 6.45) is 1.47. The van der Waals surface area contributed by atoms with Gasteiger partial charge in [0.25, 0.3) is 0 Å². The molecule has 0 N–H and O–H groups in total. The molecule has 2 heterocycles. The average Bonchev–Trinajstić information content (AvgIpc) is 2.53. The largest absolute Gasteiger partial charge is 0.369 e. The molecule has 2 rings (SSSR count). The van der Waals surface area contributed by atoms with Crippen molar-refractivity contribution in [3.8, 4) is 6.07 Å². The highest BCUT2D eigenvalue weighted by atomic mass is 16.5. The molecule has 1 amide bonds. The summed E-state index contributed by atoms with van der Waals surface area (Å²) in [6.45, 7) is 5.65. The summed E-state index contributed by atoms with van der Waals surface area (Å²) in [5, 5.41) is 9.05. The Labute approximate surface area is 142 Å². The van der Waals surface area contributed by atoms with E-state index in [1.807, 2.05) is 13.8 Å². The molecular formula is C17H24N4O3. The van der Waals surface area contributed by atoms with Crippen molar-refractivity contribution in [3.05, 3.63) is 23.9 Å². The average molecular weight is 332 g/mol. The summed E-state index contributed by atoms with van der Waals surface area (Å²) < 4.78 is 11.5. The Balaban J connectivity index is 2.01. The van der Waals surface area contributed by atoms with Crippen molar-refractivity contribution in [2.45, 2.75) is 25.6 Å². The van der Waals surface area contributed by atoms with Gasteiger partial charge in [0.05, 0.1) is 29.9 Å². The minimum absolute atomic E-state index is 0.0372. The Morgan fingerprint density at radius 1 is 1.58 bits per heavy atom. The maximum absolute atomic E-state index is 11.6. The number of ether oxygens (including phenoxy) is 2. The Bertz CT molecular complexity index is 625. The molecule has 1 atom stereocenters. The number of anilines is 1. The molecule has 1 saturated heterocycles. The minimum atomic E-state index is -0.373. The molecule has 0 aliphatic carbocycles. The van der Waals surface area contributed by atoms with Crippen LogP contribution in [0.25, 0.3) is 0 Å². The number of amides is 1. The molecule has 1 unspecified atom stereocenters. The first-order chi connectivity index (χ1) is 11.3. The van der Waals surface area contributed by atoms with Gasteiger partial charge >= 0.3 is 0 Å². The van der Waals surface area contributed by atoms with Crippen LogP contribution in [0.4, 0.5) is 5.82 Å². The molecule has 1 fully saturated rings. The van der Waals surface area contributed by atoms with Crippen LogP contribution < -0.4 is 4.90 Å². The summed E-state index contributed by atoms with van der Waals surface area (Å²) in [5.74, 6) is 0.671. The Morgan fingerprint density at radius 3 is 3.00 bits per heavy atom. The molecule has 7 heteroatoms. The van der Waals surface area contributed by atoms with E-state index in [1.165, 1.54) is 4.90 Å². The topological polar surface area (TPSA) is 78.7 Å². The number of aromatic nitrogens is 1. The Morgan fingerprint density at radius 2 is 2.33 bits per heavy atom. The van der Waals surface area contributed by atoms with Crippen LogP contribution in [0.15, 0.2) is 18.3 Å². The lowest BCUT2D eigenvalue weighted by Crippen LogP contribution is -2.54. The zero-order valence-electron chi connectivity index (χ0n) is 14.7. The van der Waals surface area contributed by atoms with Crippen LogP contribution >= 0.6 is 0 Å². The van der Waals surface area contributed by atoms with Crippen molar-refractivity contribution in [2.75, 3.05) is 45.3 Å². The molecule has 24 heavy (non-hydrogen) atoms. The summed E-state index contributed by atoms with van der Waals surface area (Å²) in [4.78, 5) is 19.5. The molecule has 0 aromatic carbocycles. The molecule has 0 bridgehead atoms. The second-order valence-electron chi connectivity index (χ2n) is 6.70. The van der Waals surface area contributed by atoms with Crippen LogP contribution in [0.3, 0.4) is 0 Å². The van der Waals surface area contributed by atoms with Gasteiger partial charge in [-0.25, -0.2) is 4.98 Å². The van der Waals surface area contributed by atoms with Gasteiger partial charge in [-0.3, -0.25) is 4.79 Å². The van der Waals surface area contributed by atoms with E-state index in [1.54, 1.807) is 32.4 Å². The highest BCUT2D eigenvalue weighted by Crippen LogP contribution is 2.25. The third-order valence-electron chi connectivity index (χ3n) is 3.71. The van der Waals surface area contributed by atoms with Gasteiger partial charge in [-0.2, -0.15) is 5.26 Å². The number of carbonyl (C=O) groups is 1. The van der Waals surface area contributed by atoms with Crippen molar-refractivity contribution >= 4 is 11.7 Å².